The van der Waals surface area contributed by atoms with E-state index in [-0.39, 0.29) is 7.43 Å². The van der Waals surface area contributed by atoms with Crippen molar-refractivity contribution in [2.24, 2.45) is 0 Å². The maximum Gasteiger partial charge on any atom is 0.133 e. The number of rotatable bonds is 6. The summed E-state index contributed by atoms with van der Waals surface area (Å²) in [7, 11) is 0. The number of hydrogen-bond donors (Lipinski definition) is 2. The summed E-state index contributed by atoms with van der Waals surface area (Å²) in [6.45, 7) is 8.97. The Morgan fingerprint density at radius 3 is 1.06 bits per heavy atom. The Bertz CT molecular complexity index is 1700. The van der Waals surface area contributed by atoms with Crippen LogP contribution in [0.3, 0.4) is 0 Å². The third-order valence-corrected chi connectivity index (χ3v) is 12.1. The highest BCUT2D eigenvalue weighted by atomic mass is 16.5. The number of benzene rings is 4. The molecule has 4 saturated heterocycles. The van der Waals surface area contributed by atoms with Crippen LogP contribution < -0.4 is 24.3 Å². The zero-order chi connectivity index (χ0) is 36.0. The molecule has 54 heavy (non-hydrogen) atoms. The minimum Gasteiger partial charge on any atom is -0.508 e. The van der Waals surface area contributed by atoms with Gasteiger partial charge < -0.3 is 34.5 Å². The number of nitrogens with zero attached hydrogens (tertiary/aromatic N) is 4. The molecule has 9 rings (SSSR count). The van der Waals surface area contributed by atoms with Gasteiger partial charge >= 0.3 is 0 Å². The number of phenolic OH excluding ortho intramolecular Hbond substituents is 2. The Morgan fingerprint density at radius 1 is 0.407 bits per heavy atom. The first-order chi connectivity index (χ1) is 26.1. The van der Waals surface area contributed by atoms with Crippen LogP contribution >= 0.6 is 0 Å². The number of aromatic hydroxyl groups is 2. The Morgan fingerprint density at radius 2 is 0.722 bits per heavy atom. The fraction of sp³-hybridized carbons (Fsp3) is 0.489. The number of anilines is 4. The second kappa shape index (κ2) is 17.7. The standard InChI is InChI=1S/C23H30N2O2.C23H28N2O.CH4/c26-22-16-20(24-11-3-1-4-12-24)9-7-18(22)15-19-8-10-21(17-23(19)27)25-13-5-2-6-14-25;1-3-11-24(12-4-1)20-9-7-18-15-19-8-10-21(25-13-5-2-6-14-25)17-23(19)26-22(18)16-20;/h7-10,16-17,26-27H,1-6,11-15H2;7-10,16-17H,1-6,11-15H2;1H4. The Hall–Kier alpha value is -4.52. The van der Waals surface area contributed by atoms with Crippen molar-refractivity contribution in [3.8, 4) is 23.0 Å². The molecule has 0 aliphatic carbocycles. The maximum absolute atomic E-state index is 10.5. The highest BCUT2D eigenvalue weighted by Crippen LogP contribution is 2.41. The van der Waals surface area contributed by atoms with Crippen LogP contribution in [0.2, 0.25) is 0 Å². The molecule has 7 nitrogen and oxygen atoms in total. The maximum atomic E-state index is 10.5. The summed E-state index contributed by atoms with van der Waals surface area (Å²) >= 11 is 0. The molecule has 0 amide bonds. The molecule has 5 heterocycles. The van der Waals surface area contributed by atoms with Crippen LogP contribution in [0.4, 0.5) is 22.7 Å². The number of piperidine rings is 4. The van der Waals surface area contributed by atoms with E-state index < -0.39 is 0 Å². The van der Waals surface area contributed by atoms with Crippen molar-refractivity contribution >= 4 is 22.7 Å². The van der Waals surface area contributed by atoms with E-state index in [1.807, 2.05) is 24.3 Å². The molecule has 0 unspecified atom stereocenters. The lowest BCUT2D eigenvalue weighted by Crippen LogP contribution is -2.29. The Balaban J connectivity index is 0.000000164. The van der Waals surface area contributed by atoms with Gasteiger partial charge in [0.15, 0.2) is 0 Å². The molecular formula is C47H62N4O3. The van der Waals surface area contributed by atoms with Gasteiger partial charge in [-0.2, -0.15) is 0 Å². The van der Waals surface area contributed by atoms with Crippen molar-refractivity contribution in [2.75, 3.05) is 72.0 Å². The van der Waals surface area contributed by atoms with Crippen LogP contribution in [0.15, 0.2) is 72.8 Å². The molecule has 0 spiro atoms. The number of ether oxygens (including phenoxy) is 1. The van der Waals surface area contributed by atoms with Gasteiger partial charge in [0.1, 0.15) is 23.0 Å². The smallest absolute Gasteiger partial charge is 0.133 e. The van der Waals surface area contributed by atoms with E-state index in [0.717, 1.165) is 66.6 Å². The first kappa shape index (κ1) is 37.8. The van der Waals surface area contributed by atoms with Gasteiger partial charge in [0.05, 0.1) is 0 Å². The molecule has 288 valence electrons. The summed E-state index contributed by atoms with van der Waals surface area (Å²) in [5, 5.41) is 21.0. The van der Waals surface area contributed by atoms with Crippen LogP contribution in [0.25, 0.3) is 0 Å². The van der Waals surface area contributed by atoms with Crippen molar-refractivity contribution < 1.29 is 14.9 Å². The Kier molecular flexibility index (Phi) is 12.4. The van der Waals surface area contributed by atoms with E-state index in [9.17, 15) is 10.2 Å². The third-order valence-electron chi connectivity index (χ3n) is 12.1. The first-order valence-corrected chi connectivity index (χ1v) is 20.6. The molecule has 7 heteroatoms. The normalized spacial score (nSPS) is 18.4. The number of fused-ring (bicyclic) bond motifs is 2. The summed E-state index contributed by atoms with van der Waals surface area (Å²) in [6.07, 6.45) is 17.0. The van der Waals surface area contributed by atoms with Crippen LogP contribution in [-0.4, -0.2) is 62.6 Å². The number of phenols is 2. The van der Waals surface area contributed by atoms with Crippen LogP contribution in [-0.2, 0) is 12.8 Å². The van der Waals surface area contributed by atoms with Gasteiger partial charge in [0.25, 0.3) is 0 Å². The molecule has 2 N–H and O–H groups in total. The predicted octanol–water partition coefficient (Wildman–Crippen LogP) is 10.7. The van der Waals surface area contributed by atoms with Crippen molar-refractivity contribution in [1.29, 1.82) is 0 Å². The minimum atomic E-state index is 0. The molecule has 4 aromatic rings. The topological polar surface area (TPSA) is 62.6 Å². The lowest BCUT2D eigenvalue weighted by molar-refractivity contribution is 0.459. The van der Waals surface area contributed by atoms with Gasteiger partial charge in [-0.05, 0) is 124 Å². The molecule has 0 atom stereocenters. The summed E-state index contributed by atoms with van der Waals surface area (Å²) < 4.78 is 6.39. The third kappa shape index (κ3) is 8.88. The fourth-order valence-electron chi connectivity index (χ4n) is 8.90. The van der Waals surface area contributed by atoms with E-state index >= 15 is 0 Å². The second-order valence-electron chi connectivity index (χ2n) is 15.9. The average molecular weight is 731 g/mol. The van der Waals surface area contributed by atoms with Crippen LogP contribution in [0, 0.1) is 0 Å². The van der Waals surface area contributed by atoms with Crippen molar-refractivity contribution in [1.82, 2.24) is 0 Å². The zero-order valence-corrected chi connectivity index (χ0v) is 31.6. The molecule has 0 saturated carbocycles. The number of hydrogen-bond acceptors (Lipinski definition) is 7. The summed E-state index contributed by atoms with van der Waals surface area (Å²) in [5.74, 6) is 2.74. The summed E-state index contributed by atoms with van der Waals surface area (Å²) in [6, 6.07) is 25.5. The van der Waals surface area contributed by atoms with E-state index in [2.05, 4.69) is 68.1 Å². The quantitative estimate of drug-likeness (QED) is 0.180. The van der Waals surface area contributed by atoms with Gasteiger partial charge in [-0.3, -0.25) is 0 Å². The molecule has 0 radical (unpaired) electrons. The molecule has 5 aliphatic heterocycles. The summed E-state index contributed by atoms with van der Waals surface area (Å²) in [5.41, 5.74) is 9.17. The molecule has 4 fully saturated rings. The van der Waals surface area contributed by atoms with E-state index in [1.165, 1.54) is 126 Å². The molecule has 5 aliphatic rings. The van der Waals surface area contributed by atoms with Crippen LogP contribution in [0.1, 0.15) is 107 Å². The lowest BCUT2D eigenvalue weighted by Gasteiger charge is -2.31. The van der Waals surface area contributed by atoms with Crippen LogP contribution in [0.5, 0.6) is 23.0 Å². The molecule has 0 bridgehead atoms. The van der Waals surface area contributed by atoms with Gasteiger partial charge in [0, 0.05) is 112 Å². The highest BCUT2D eigenvalue weighted by molar-refractivity contribution is 5.62. The van der Waals surface area contributed by atoms with E-state index in [0.29, 0.717) is 17.9 Å². The fourth-order valence-corrected chi connectivity index (χ4v) is 8.90. The van der Waals surface area contributed by atoms with Gasteiger partial charge in [-0.25, -0.2) is 0 Å². The molecule has 4 aromatic carbocycles. The monoisotopic (exact) mass is 730 g/mol. The van der Waals surface area contributed by atoms with Crippen molar-refractivity contribution in [2.45, 2.75) is 97.3 Å². The average Bonchev–Trinajstić information content (AvgIpc) is 3.22. The van der Waals surface area contributed by atoms with Crippen molar-refractivity contribution in [3.63, 3.8) is 0 Å². The second-order valence-corrected chi connectivity index (χ2v) is 15.9. The van der Waals surface area contributed by atoms with Gasteiger partial charge in [0.2, 0.25) is 0 Å². The predicted molar refractivity (Wildman–Crippen MR) is 226 cm³/mol. The minimum absolute atomic E-state index is 0. The lowest BCUT2D eigenvalue weighted by atomic mass is 9.98. The van der Waals surface area contributed by atoms with Gasteiger partial charge in [-0.15, -0.1) is 0 Å². The molecule has 0 aromatic heterocycles. The van der Waals surface area contributed by atoms with Gasteiger partial charge in [-0.1, -0.05) is 31.7 Å². The zero-order valence-electron chi connectivity index (χ0n) is 31.6. The molecular weight excluding hydrogens is 669 g/mol. The Labute approximate surface area is 324 Å². The summed E-state index contributed by atoms with van der Waals surface area (Å²) in [4.78, 5) is 9.70. The highest BCUT2D eigenvalue weighted by Gasteiger charge is 2.22. The van der Waals surface area contributed by atoms with Crippen molar-refractivity contribution in [3.05, 3.63) is 95.1 Å². The van der Waals surface area contributed by atoms with E-state index in [4.69, 9.17) is 4.74 Å². The van der Waals surface area contributed by atoms with E-state index in [1.54, 1.807) is 0 Å². The SMILES string of the molecule is C.Oc1cc(N2CCCCC2)ccc1Cc1ccc(N2CCCCC2)cc1O.c1cc2c(cc1N1CCCCC1)Oc1cc(N3CCCCC3)ccc1C2. The largest absolute Gasteiger partial charge is 0.508 e. The first-order valence-electron chi connectivity index (χ1n) is 20.6.